The van der Waals surface area contributed by atoms with Crippen LogP contribution in [0.2, 0.25) is 20.1 Å². The summed E-state index contributed by atoms with van der Waals surface area (Å²) in [5.74, 6) is -1.98. The number of hydrogen-bond acceptors (Lipinski definition) is 6. The van der Waals surface area contributed by atoms with Crippen LogP contribution in [0, 0.1) is 6.92 Å². The number of ether oxygens (including phenoxy) is 2. The number of carbonyl (C=O) groups is 3. The molecule has 0 aromatic heterocycles. The van der Waals surface area contributed by atoms with E-state index in [1.54, 1.807) is 18.2 Å². The van der Waals surface area contributed by atoms with Gasteiger partial charge in [-0.05, 0) is 67.6 Å². The number of carbonyl (C=O) groups excluding carboxylic acids is 3. The number of benzene rings is 4. The molecule has 0 spiro atoms. The van der Waals surface area contributed by atoms with Crippen LogP contribution >= 0.6 is 46.4 Å². The molecule has 4 aromatic rings. The highest BCUT2D eigenvalue weighted by Gasteiger charge is 2.18. The van der Waals surface area contributed by atoms with Gasteiger partial charge in [0.1, 0.15) is 11.5 Å². The first kappa shape index (κ1) is 29.1. The van der Waals surface area contributed by atoms with E-state index in [1.807, 2.05) is 13.0 Å². The van der Waals surface area contributed by atoms with E-state index in [1.165, 1.54) is 60.8 Å². The molecule has 1 N–H and O–H groups in total. The first-order valence-corrected chi connectivity index (χ1v) is 13.0. The number of rotatable bonds is 7. The topological polar surface area (TPSA) is 94.1 Å². The lowest BCUT2D eigenvalue weighted by atomic mass is 10.1. The SMILES string of the molecule is Cc1cccc(C(=O)N/N=C/c2ccc(OC(=O)c3ccc(Cl)cc3Cl)cc2OC(=O)c2ccc(Cl)cc2Cl)c1. The molecule has 0 saturated heterocycles. The smallest absolute Gasteiger partial charge is 0.345 e. The highest BCUT2D eigenvalue weighted by Crippen LogP contribution is 2.29. The predicted molar refractivity (Wildman–Crippen MR) is 156 cm³/mol. The average molecular weight is 616 g/mol. The summed E-state index contributed by atoms with van der Waals surface area (Å²) in [6.45, 7) is 1.86. The Kier molecular flexibility index (Phi) is 9.45. The second kappa shape index (κ2) is 13.0. The molecule has 0 bridgehead atoms. The van der Waals surface area contributed by atoms with Crippen molar-refractivity contribution in [2.75, 3.05) is 0 Å². The number of esters is 2. The summed E-state index contributed by atoms with van der Waals surface area (Å²) in [4.78, 5) is 38.1. The number of nitrogens with one attached hydrogen (secondary N) is 1. The Morgan fingerprint density at radius 3 is 1.98 bits per heavy atom. The molecule has 0 aliphatic rings. The van der Waals surface area contributed by atoms with Crippen LogP contribution in [0.15, 0.2) is 84.0 Å². The highest BCUT2D eigenvalue weighted by atomic mass is 35.5. The molecule has 202 valence electrons. The summed E-state index contributed by atoms with van der Waals surface area (Å²) >= 11 is 24.1. The van der Waals surface area contributed by atoms with E-state index in [9.17, 15) is 14.4 Å². The molecule has 0 aliphatic heterocycles. The van der Waals surface area contributed by atoms with Crippen molar-refractivity contribution in [3.8, 4) is 11.5 Å². The third kappa shape index (κ3) is 7.40. The van der Waals surface area contributed by atoms with Crippen molar-refractivity contribution in [2.24, 2.45) is 5.10 Å². The zero-order valence-corrected chi connectivity index (χ0v) is 23.6. The van der Waals surface area contributed by atoms with Crippen LogP contribution in [-0.4, -0.2) is 24.1 Å². The van der Waals surface area contributed by atoms with Crippen molar-refractivity contribution in [1.82, 2.24) is 5.43 Å². The highest BCUT2D eigenvalue weighted by molar-refractivity contribution is 6.37. The third-order valence-corrected chi connectivity index (χ3v) is 6.45. The molecule has 0 aliphatic carbocycles. The van der Waals surface area contributed by atoms with Crippen molar-refractivity contribution < 1.29 is 23.9 Å². The normalized spacial score (nSPS) is 10.8. The van der Waals surface area contributed by atoms with Gasteiger partial charge in [0.05, 0.1) is 27.4 Å². The first-order chi connectivity index (χ1) is 19.1. The monoisotopic (exact) mass is 614 g/mol. The first-order valence-electron chi connectivity index (χ1n) is 11.5. The molecular weight excluding hydrogens is 598 g/mol. The molecule has 7 nitrogen and oxygen atoms in total. The summed E-state index contributed by atoms with van der Waals surface area (Å²) in [6, 6.07) is 19.9. The van der Waals surface area contributed by atoms with Crippen molar-refractivity contribution >= 4 is 70.5 Å². The predicted octanol–water partition coefficient (Wildman–Crippen LogP) is 7.81. The van der Waals surface area contributed by atoms with Crippen molar-refractivity contribution in [1.29, 1.82) is 0 Å². The lowest BCUT2D eigenvalue weighted by Crippen LogP contribution is -2.18. The van der Waals surface area contributed by atoms with Gasteiger partial charge in [-0.2, -0.15) is 5.10 Å². The molecule has 0 heterocycles. The largest absolute Gasteiger partial charge is 0.423 e. The van der Waals surface area contributed by atoms with Crippen molar-refractivity contribution in [3.63, 3.8) is 0 Å². The van der Waals surface area contributed by atoms with Gasteiger partial charge in [-0.3, -0.25) is 4.79 Å². The molecule has 11 heteroatoms. The van der Waals surface area contributed by atoms with Crippen LogP contribution in [-0.2, 0) is 0 Å². The summed E-state index contributed by atoms with van der Waals surface area (Å²) in [5, 5.41) is 4.86. The maximum absolute atomic E-state index is 12.9. The summed E-state index contributed by atoms with van der Waals surface area (Å²) in [6.07, 6.45) is 1.28. The minimum Gasteiger partial charge on any atom is -0.423 e. The van der Waals surface area contributed by atoms with Gasteiger partial charge in [0, 0.05) is 27.2 Å². The number of nitrogens with zero attached hydrogens (tertiary/aromatic N) is 1. The molecule has 40 heavy (non-hydrogen) atoms. The second-order valence-corrected chi connectivity index (χ2v) is 9.98. The number of amides is 1. The maximum atomic E-state index is 12.9. The van der Waals surface area contributed by atoms with Gasteiger partial charge < -0.3 is 9.47 Å². The quantitative estimate of drug-likeness (QED) is 0.0990. The Morgan fingerprint density at radius 2 is 1.38 bits per heavy atom. The van der Waals surface area contributed by atoms with Gasteiger partial charge in [0.15, 0.2) is 0 Å². The van der Waals surface area contributed by atoms with Crippen LogP contribution in [0.5, 0.6) is 11.5 Å². The number of aryl methyl sites for hydroxylation is 1. The van der Waals surface area contributed by atoms with Gasteiger partial charge in [0.2, 0.25) is 0 Å². The van der Waals surface area contributed by atoms with E-state index in [-0.39, 0.29) is 38.2 Å². The van der Waals surface area contributed by atoms with E-state index in [4.69, 9.17) is 55.9 Å². The molecule has 4 rings (SSSR count). The molecule has 4 aromatic carbocycles. The van der Waals surface area contributed by atoms with Gasteiger partial charge in [-0.15, -0.1) is 0 Å². The van der Waals surface area contributed by atoms with Crippen LogP contribution in [0.25, 0.3) is 0 Å². The lowest BCUT2D eigenvalue weighted by Gasteiger charge is -2.12. The summed E-state index contributed by atoms with van der Waals surface area (Å²) < 4.78 is 11.0. The Labute approximate surface area is 249 Å². The van der Waals surface area contributed by atoms with E-state index in [0.29, 0.717) is 15.6 Å². The van der Waals surface area contributed by atoms with Crippen molar-refractivity contribution in [3.05, 3.63) is 127 Å². The number of hydrogen-bond donors (Lipinski definition) is 1. The van der Waals surface area contributed by atoms with E-state index in [0.717, 1.165) is 5.56 Å². The molecule has 0 saturated carbocycles. The Hall–Kier alpha value is -3.88. The van der Waals surface area contributed by atoms with Crippen LogP contribution in [0.3, 0.4) is 0 Å². The molecule has 1 amide bonds. The molecular formula is C29H18Cl4N2O5. The van der Waals surface area contributed by atoms with E-state index >= 15 is 0 Å². The Bertz CT molecular complexity index is 1660. The fraction of sp³-hybridized carbons (Fsp3) is 0.0345. The summed E-state index contributed by atoms with van der Waals surface area (Å²) in [5.41, 5.74) is 4.18. The minimum absolute atomic E-state index is 0.0305. The zero-order chi connectivity index (χ0) is 28.8. The molecule has 0 unspecified atom stereocenters. The van der Waals surface area contributed by atoms with Crippen LogP contribution < -0.4 is 14.9 Å². The fourth-order valence-corrected chi connectivity index (χ4v) is 4.38. The van der Waals surface area contributed by atoms with Crippen LogP contribution in [0.4, 0.5) is 0 Å². The minimum atomic E-state index is -0.802. The fourth-order valence-electron chi connectivity index (χ4n) is 3.41. The Balaban J connectivity index is 1.60. The third-order valence-electron chi connectivity index (χ3n) is 5.35. The van der Waals surface area contributed by atoms with Gasteiger partial charge >= 0.3 is 11.9 Å². The molecule has 0 fully saturated rings. The summed E-state index contributed by atoms with van der Waals surface area (Å²) in [7, 11) is 0. The molecule has 0 radical (unpaired) electrons. The lowest BCUT2D eigenvalue weighted by molar-refractivity contribution is 0.0732. The van der Waals surface area contributed by atoms with Gasteiger partial charge in [-0.1, -0.05) is 64.1 Å². The Morgan fingerprint density at radius 1 is 0.750 bits per heavy atom. The van der Waals surface area contributed by atoms with Gasteiger partial charge in [0.25, 0.3) is 5.91 Å². The zero-order valence-electron chi connectivity index (χ0n) is 20.6. The maximum Gasteiger partial charge on any atom is 0.345 e. The average Bonchev–Trinajstić information content (AvgIpc) is 2.89. The second-order valence-electron chi connectivity index (χ2n) is 8.30. The molecule has 0 atom stereocenters. The standard InChI is InChI=1S/C29H18Cl4N2O5/c1-16-3-2-4-17(11-16)27(36)35-34-15-18-5-8-21(39-28(37)22-9-6-19(30)12-24(22)32)14-26(18)40-29(38)23-10-7-20(31)13-25(23)33/h2-15H,1H3,(H,35,36)/b34-15+. The number of halogens is 4. The number of hydrazone groups is 1. The van der Waals surface area contributed by atoms with Gasteiger partial charge in [-0.25, -0.2) is 15.0 Å². The van der Waals surface area contributed by atoms with E-state index < -0.39 is 17.8 Å². The van der Waals surface area contributed by atoms with Crippen LogP contribution in [0.1, 0.15) is 42.2 Å². The van der Waals surface area contributed by atoms with Crippen molar-refractivity contribution in [2.45, 2.75) is 6.92 Å². The van der Waals surface area contributed by atoms with E-state index in [2.05, 4.69) is 10.5 Å².